The molecule has 0 spiro atoms. The number of piperidine rings is 1. The van der Waals surface area contributed by atoms with Gasteiger partial charge in [0.2, 0.25) is 5.91 Å². The first-order valence-electron chi connectivity index (χ1n) is 10.6. The zero-order valence-electron chi connectivity index (χ0n) is 17.3. The molecule has 2 N–H and O–H groups in total. The molecule has 1 saturated carbocycles. The second-order valence-corrected chi connectivity index (χ2v) is 8.23. The van der Waals surface area contributed by atoms with Crippen LogP contribution in [0, 0.1) is 17.2 Å². The fourth-order valence-electron chi connectivity index (χ4n) is 4.13. The van der Waals surface area contributed by atoms with Crippen LogP contribution in [0.4, 0.5) is 24.7 Å². The average molecular weight is 444 g/mol. The van der Waals surface area contributed by atoms with Gasteiger partial charge >= 0.3 is 6.18 Å². The van der Waals surface area contributed by atoms with Crippen molar-refractivity contribution in [2.75, 3.05) is 23.4 Å². The first-order valence-corrected chi connectivity index (χ1v) is 10.6. The molecule has 2 fully saturated rings. The molecule has 2 aromatic rings. The Morgan fingerprint density at radius 2 is 1.91 bits per heavy atom. The molecule has 1 aliphatic carbocycles. The maximum atomic E-state index is 14.0. The number of benzene rings is 1. The number of anilines is 2. The highest BCUT2D eigenvalue weighted by atomic mass is 19.4. The van der Waals surface area contributed by atoms with Crippen molar-refractivity contribution in [2.45, 2.75) is 44.2 Å². The standard InChI is InChI=1S/C22H23F3N6O/c23-22(24,25)20-18(13-27-29-21(20)30-28-19(32)11-14-5-6-14)31-9-7-15(8-10-31)17-4-2-1-3-16(17)12-26/h1-4,13-15H,5-11H2,(H,28,32)(H,29,30). The van der Waals surface area contributed by atoms with Crippen LogP contribution in [-0.4, -0.2) is 29.2 Å². The van der Waals surface area contributed by atoms with E-state index >= 15 is 0 Å². The maximum Gasteiger partial charge on any atom is 0.422 e. The number of hydrogen-bond donors (Lipinski definition) is 2. The fourth-order valence-corrected chi connectivity index (χ4v) is 4.13. The maximum absolute atomic E-state index is 14.0. The molecule has 4 rings (SSSR count). The third-order valence-corrected chi connectivity index (χ3v) is 5.96. The number of nitrogens with zero attached hydrogens (tertiary/aromatic N) is 4. The summed E-state index contributed by atoms with van der Waals surface area (Å²) in [5.74, 6) is -0.477. The molecule has 1 amide bonds. The lowest BCUT2D eigenvalue weighted by atomic mass is 9.86. The zero-order valence-corrected chi connectivity index (χ0v) is 17.3. The summed E-state index contributed by atoms with van der Waals surface area (Å²) >= 11 is 0. The number of amides is 1. The van der Waals surface area contributed by atoms with E-state index in [1.54, 1.807) is 17.0 Å². The number of nitriles is 1. The summed E-state index contributed by atoms with van der Waals surface area (Å²) in [4.78, 5) is 13.5. The SMILES string of the molecule is N#Cc1ccccc1C1CCN(c2cnnc(NNC(=O)CC3CC3)c2C(F)(F)F)CC1. The summed E-state index contributed by atoms with van der Waals surface area (Å²) in [5, 5.41) is 16.7. The van der Waals surface area contributed by atoms with Crippen molar-refractivity contribution < 1.29 is 18.0 Å². The molecule has 1 saturated heterocycles. The lowest BCUT2D eigenvalue weighted by Gasteiger charge is -2.35. The Balaban J connectivity index is 1.50. The number of halogens is 3. The van der Waals surface area contributed by atoms with Crippen molar-refractivity contribution in [1.29, 1.82) is 5.26 Å². The molecule has 0 radical (unpaired) electrons. The summed E-state index contributed by atoms with van der Waals surface area (Å²) in [6, 6.07) is 9.51. The molecule has 2 aliphatic rings. The van der Waals surface area contributed by atoms with E-state index in [9.17, 15) is 23.2 Å². The van der Waals surface area contributed by atoms with Crippen LogP contribution >= 0.6 is 0 Å². The Labute approximate surface area is 183 Å². The normalized spacial score (nSPS) is 17.0. The molecule has 32 heavy (non-hydrogen) atoms. The third-order valence-electron chi connectivity index (χ3n) is 5.96. The Kier molecular flexibility index (Phi) is 6.17. The molecular formula is C22H23F3N6O. The molecule has 168 valence electrons. The second-order valence-electron chi connectivity index (χ2n) is 8.23. The van der Waals surface area contributed by atoms with Crippen LogP contribution in [0.1, 0.15) is 54.7 Å². The minimum absolute atomic E-state index is 0.0709. The van der Waals surface area contributed by atoms with Crippen LogP contribution in [0.5, 0.6) is 0 Å². The van der Waals surface area contributed by atoms with Gasteiger partial charge in [-0.25, -0.2) is 0 Å². The summed E-state index contributed by atoms with van der Waals surface area (Å²) in [6.07, 6.45) is -0.142. The minimum atomic E-state index is -4.68. The quantitative estimate of drug-likeness (QED) is 0.655. The number of carbonyl (C=O) groups is 1. The van der Waals surface area contributed by atoms with E-state index in [0.29, 0.717) is 37.4 Å². The van der Waals surface area contributed by atoms with Gasteiger partial charge in [0, 0.05) is 19.5 Å². The first-order chi connectivity index (χ1) is 15.4. The van der Waals surface area contributed by atoms with Gasteiger partial charge in [0.1, 0.15) is 5.56 Å². The topological polar surface area (TPSA) is 93.9 Å². The van der Waals surface area contributed by atoms with Crippen molar-refractivity contribution in [2.24, 2.45) is 5.92 Å². The molecule has 1 aromatic heterocycles. The van der Waals surface area contributed by atoms with Gasteiger partial charge in [0.25, 0.3) is 0 Å². The molecule has 0 bridgehead atoms. The van der Waals surface area contributed by atoms with Crippen LogP contribution in [0.2, 0.25) is 0 Å². The molecule has 0 atom stereocenters. The van der Waals surface area contributed by atoms with Gasteiger partial charge in [0.15, 0.2) is 5.82 Å². The van der Waals surface area contributed by atoms with Gasteiger partial charge in [-0.3, -0.25) is 15.6 Å². The number of hydrogen-bond acceptors (Lipinski definition) is 6. The van der Waals surface area contributed by atoms with Gasteiger partial charge in [-0.15, -0.1) is 5.10 Å². The largest absolute Gasteiger partial charge is 0.422 e. The highest BCUT2D eigenvalue weighted by molar-refractivity contribution is 5.78. The van der Waals surface area contributed by atoms with E-state index in [0.717, 1.165) is 24.6 Å². The molecule has 1 aromatic carbocycles. The lowest BCUT2D eigenvalue weighted by molar-refractivity contribution is -0.137. The minimum Gasteiger partial charge on any atom is -0.370 e. The summed E-state index contributed by atoms with van der Waals surface area (Å²) in [7, 11) is 0. The van der Waals surface area contributed by atoms with Crippen molar-refractivity contribution >= 4 is 17.4 Å². The number of hydrazine groups is 1. The molecule has 7 nitrogen and oxygen atoms in total. The molecule has 10 heteroatoms. The Morgan fingerprint density at radius 1 is 1.19 bits per heavy atom. The van der Waals surface area contributed by atoms with Crippen LogP contribution in [0.25, 0.3) is 0 Å². The molecule has 0 unspecified atom stereocenters. The zero-order chi connectivity index (χ0) is 22.7. The number of rotatable bonds is 6. The van der Waals surface area contributed by atoms with E-state index in [1.807, 2.05) is 12.1 Å². The lowest BCUT2D eigenvalue weighted by Crippen LogP contribution is -2.36. The van der Waals surface area contributed by atoms with Crippen molar-refractivity contribution in [3.8, 4) is 6.07 Å². The average Bonchev–Trinajstić information content (AvgIpc) is 3.61. The van der Waals surface area contributed by atoms with Crippen molar-refractivity contribution in [3.05, 3.63) is 47.2 Å². The van der Waals surface area contributed by atoms with Crippen molar-refractivity contribution in [1.82, 2.24) is 15.6 Å². The molecule has 1 aliphatic heterocycles. The monoisotopic (exact) mass is 444 g/mol. The van der Waals surface area contributed by atoms with Gasteiger partial charge < -0.3 is 4.90 Å². The highest BCUT2D eigenvalue weighted by Crippen LogP contribution is 2.42. The van der Waals surface area contributed by atoms with E-state index in [4.69, 9.17) is 0 Å². The van der Waals surface area contributed by atoms with E-state index in [2.05, 4.69) is 27.1 Å². The molecule has 2 heterocycles. The highest BCUT2D eigenvalue weighted by Gasteiger charge is 2.40. The van der Waals surface area contributed by atoms with E-state index in [1.165, 1.54) is 0 Å². The van der Waals surface area contributed by atoms with Crippen LogP contribution in [0.15, 0.2) is 30.5 Å². The fraction of sp³-hybridized carbons (Fsp3) is 0.455. The Bertz CT molecular complexity index is 1020. The number of nitrogens with one attached hydrogen (secondary N) is 2. The van der Waals surface area contributed by atoms with Gasteiger partial charge in [-0.1, -0.05) is 18.2 Å². The van der Waals surface area contributed by atoms with Gasteiger partial charge in [-0.05, 0) is 49.1 Å². The van der Waals surface area contributed by atoms with Crippen molar-refractivity contribution in [3.63, 3.8) is 0 Å². The smallest absolute Gasteiger partial charge is 0.370 e. The Hall–Kier alpha value is -3.35. The second kappa shape index (κ2) is 9.02. The van der Waals surface area contributed by atoms with E-state index in [-0.39, 0.29) is 23.9 Å². The van der Waals surface area contributed by atoms with E-state index < -0.39 is 17.6 Å². The number of carbonyl (C=O) groups excluding carboxylic acids is 1. The number of alkyl halides is 3. The van der Waals surface area contributed by atoms with Crippen LogP contribution in [0.3, 0.4) is 0 Å². The molecular weight excluding hydrogens is 421 g/mol. The van der Waals surface area contributed by atoms with Gasteiger partial charge in [0.05, 0.1) is 23.5 Å². The summed E-state index contributed by atoms with van der Waals surface area (Å²) in [5.41, 5.74) is 5.15. The Morgan fingerprint density at radius 3 is 2.56 bits per heavy atom. The summed E-state index contributed by atoms with van der Waals surface area (Å²) in [6.45, 7) is 0.763. The van der Waals surface area contributed by atoms with Gasteiger partial charge in [-0.2, -0.15) is 23.5 Å². The summed E-state index contributed by atoms with van der Waals surface area (Å²) < 4.78 is 41.9. The van der Waals surface area contributed by atoms with Crippen LogP contribution < -0.4 is 15.8 Å². The predicted octanol–water partition coefficient (Wildman–Crippen LogP) is 3.99. The predicted molar refractivity (Wildman–Crippen MR) is 111 cm³/mol. The third kappa shape index (κ3) is 4.93. The number of aromatic nitrogens is 2. The first kappa shape index (κ1) is 21.9. The van der Waals surface area contributed by atoms with Crippen LogP contribution in [-0.2, 0) is 11.0 Å².